The largest absolute Gasteiger partial charge is 0.346 e. The number of nitrogens with zero attached hydrogens (tertiary/aromatic N) is 3. The molecule has 3 aromatic heterocycles. The SMILES string of the molecule is C=CC1CCC(Cc2ccnc3ccc(-c4c[nH]c5ncccc45)cc23)N2CCC12. The van der Waals surface area contributed by atoms with Crippen molar-refractivity contribution in [1.82, 2.24) is 19.9 Å². The van der Waals surface area contributed by atoms with Crippen molar-refractivity contribution in [3.05, 3.63) is 73.2 Å². The minimum absolute atomic E-state index is 0.631. The molecule has 2 saturated heterocycles. The van der Waals surface area contributed by atoms with E-state index in [0.717, 1.165) is 23.0 Å². The fraction of sp³-hybridized carbons (Fsp3) is 0.308. The third kappa shape index (κ3) is 2.78. The Hall–Kier alpha value is -2.98. The highest BCUT2D eigenvalue weighted by atomic mass is 15.2. The molecule has 4 nitrogen and oxygen atoms in total. The number of fused-ring (bicyclic) bond motifs is 3. The minimum atomic E-state index is 0.631. The highest BCUT2D eigenvalue weighted by molar-refractivity contribution is 5.96. The van der Waals surface area contributed by atoms with Crippen LogP contribution in [0.1, 0.15) is 24.8 Å². The summed E-state index contributed by atoms with van der Waals surface area (Å²) in [5.41, 5.74) is 5.83. The summed E-state index contributed by atoms with van der Waals surface area (Å²) >= 11 is 0. The highest BCUT2D eigenvalue weighted by Crippen LogP contribution is 2.39. The first-order valence-corrected chi connectivity index (χ1v) is 11.0. The van der Waals surface area contributed by atoms with Crippen LogP contribution in [0.3, 0.4) is 0 Å². The van der Waals surface area contributed by atoms with Crippen LogP contribution >= 0.6 is 0 Å². The number of pyridine rings is 2. The molecule has 0 bridgehead atoms. The predicted octanol–water partition coefficient (Wildman–Crippen LogP) is 5.36. The number of piperidine rings is 1. The van der Waals surface area contributed by atoms with Gasteiger partial charge in [0.2, 0.25) is 0 Å². The molecule has 2 aliphatic heterocycles. The van der Waals surface area contributed by atoms with Crippen molar-refractivity contribution in [3.63, 3.8) is 0 Å². The van der Waals surface area contributed by atoms with Gasteiger partial charge in [-0.1, -0.05) is 12.1 Å². The summed E-state index contributed by atoms with van der Waals surface area (Å²) in [6.45, 7) is 5.30. The number of aromatic amines is 1. The number of hydrogen-bond donors (Lipinski definition) is 1. The summed E-state index contributed by atoms with van der Waals surface area (Å²) in [6.07, 6.45) is 13.0. The van der Waals surface area contributed by atoms with Gasteiger partial charge < -0.3 is 4.98 Å². The smallest absolute Gasteiger partial charge is 0.137 e. The maximum Gasteiger partial charge on any atom is 0.137 e. The number of hydrogen-bond acceptors (Lipinski definition) is 3. The summed E-state index contributed by atoms with van der Waals surface area (Å²) in [7, 11) is 0. The normalized spacial score (nSPS) is 23.9. The fourth-order valence-electron chi connectivity index (χ4n) is 5.58. The van der Waals surface area contributed by atoms with E-state index in [1.54, 1.807) is 0 Å². The Bertz CT molecular complexity index is 1240. The van der Waals surface area contributed by atoms with Crippen molar-refractivity contribution in [2.45, 2.75) is 37.8 Å². The average Bonchev–Trinajstić information content (AvgIpc) is 3.19. The molecule has 30 heavy (non-hydrogen) atoms. The molecule has 0 amide bonds. The van der Waals surface area contributed by atoms with Gasteiger partial charge in [0.1, 0.15) is 5.65 Å². The van der Waals surface area contributed by atoms with Gasteiger partial charge >= 0.3 is 0 Å². The molecular weight excluding hydrogens is 368 g/mol. The topological polar surface area (TPSA) is 44.8 Å². The van der Waals surface area contributed by atoms with E-state index < -0.39 is 0 Å². The summed E-state index contributed by atoms with van der Waals surface area (Å²) < 4.78 is 0. The number of aromatic nitrogens is 3. The Labute approximate surface area is 176 Å². The number of benzene rings is 1. The maximum absolute atomic E-state index is 4.65. The lowest BCUT2D eigenvalue weighted by Crippen LogP contribution is -2.59. The van der Waals surface area contributed by atoms with Gasteiger partial charge in [0.05, 0.1) is 5.52 Å². The molecule has 5 heterocycles. The lowest BCUT2D eigenvalue weighted by molar-refractivity contribution is -0.0215. The van der Waals surface area contributed by atoms with Gasteiger partial charge in [0.15, 0.2) is 0 Å². The zero-order chi connectivity index (χ0) is 20.1. The lowest BCUT2D eigenvalue weighted by atomic mass is 9.77. The molecule has 1 N–H and O–H groups in total. The third-order valence-corrected chi connectivity index (χ3v) is 7.26. The summed E-state index contributed by atoms with van der Waals surface area (Å²) in [6, 6.07) is 14.3. The molecule has 6 rings (SSSR count). The molecule has 3 atom stereocenters. The second kappa shape index (κ2) is 7.06. The van der Waals surface area contributed by atoms with E-state index in [1.165, 1.54) is 47.9 Å². The van der Waals surface area contributed by atoms with Crippen LogP contribution in [0.5, 0.6) is 0 Å². The molecule has 0 spiro atoms. The third-order valence-electron chi connectivity index (χ3n) is 7.26. The number of H-pyrrole nitrogens is 1. The lowest BCUT2D eigenvalue weighted by Gasteiger charge is -2.53. The maximum atomic E-state index is 4.65. The van der Waals surface area contributed by atoms with Crippen LogP contribution in [0.25, 0.3) is 33.1 Å². The van der Waals surface area contributed by atoms with Crippen LogP contribution in [-0.4, -0.2) is 38.5 Å². The molecule has 0 aliphatic carbocycles. The van der Waals surface area contributed by atoms with Crippen LogP contribution in [0, 0.1) is 5.92 Å². The summed E-state index contributed by atoms with van der Waals surface area (Å²) in [4.78, 5) is 15.1. The van der Waals surface area contributed by atoms with Crippen LogP contribution in [0.4, 0.5) is 0 Å². The Morgan fingerprint density at radius 2 is 2.03 bits per heavy atom. The Balaban J connectivity index is 1.37. The van der Waals surface area contributed by atoms with Gasteiger partial charge in [-0.2, -0.15) is 0 Å². The Morgan fingerprint density at radius 1 is 1.07 bits per heavy atom. The zero-order valence-electron chi connectivity index (χ0n) is 17.1. The molecule has 4 heteroatoms. The minimum Gasteiger partial charge on any atom is -0.346 e. The van der Waals surface area contributed by atoms with Gasteiger partial charge in [-0.25, -0.2) is 4.98 Å². The Kier molecular flexibility index (Phi) is 4.20. The van der Waals surface area contributed by atoms with Crippen LogP contribution in [0.15, 0.2) is 67.6 Å². The molecule has 150 valence electrons. The van der Waals surface area contributed by atoms with E-state index in [4.69, 9.17) is 0 Å². The van der Waals surface area contributed by atoms with E-state index in [2.05, 4.69) is 69.0 Å². The molecular formula is C26H26N4. The molecule has 2 aliphatic rings. The summed E-state index contributed by atoms with van der Waals surface area (Å²) in [5, 5.41) is 2.43. The van der Waals surface area contributed by atoms with Crippen LogP contribution < -0.4 is 0 Å². The van der Waals surface area contributed by atoms with Gasteiger partial charge in [0, 0.05) is 53.6 Å². The van der Waals surface area contributed by atoms with Gasteiger partial charge in [-0.3, -0.25) is 9.88 Å². The molecule has 0 radical (unpaired) electrons. The molecule has 2 fully saturated rings. The van der Waals surface area contributed by atoms with Crippen molar-refractivity contribution < 1.29 is 0 Å². The van der Waals surface area contributed by atoms with E-state index in [-0.39, 0.29) is 0 Å². The Morgan fingerprint density at radius 3 is 2.90 bits per heavy atom. The molecule has 4 aromatic rings. The van der Waals surface area contributed by atoms with Crippen molar-refractivity contribution in [2.24, 2.45) is 5.92 Å². The second-order valence-corrected chi connectivity index (χ2v) is 8.73. The number of nitrogens with one attached hydrogen (secondary N) is 1. The summed E-state index contributed by atoms with van der Waals surface area (Å²) in [5.74, 6) is 0.672. The second-order valence-electron chi connectivity index (χ2n) is 8.73. The first kappa shape index (κ1) is 17.8. The zero-order valence-corrected chi connectivity index (χ0v) is 17.1. The van der Waals surface area contributed by atoms with E-state index >= 15 is 0 Å². The molecule has 3 unspecified atom stereocenters. The molecule has 1 aromatic carbocycles. The monoisotopic (exact) mass is 394 g/mol. The number of rotatable bonds is 4. The van der Waals surface area contributed by atoms with E-state index in [1.807, 2.05) is 18.5 Å². The van der Waals surface area contributed by atoms with Crippen LogP contribution in [-0.2, 0) is 6.42 Å². The van der Waals surface area contributed by atoms with Crippen LogP contribution in [0.2, 0.25) is 0 Å². The van der Waals surface area contributed by atoms with Gasteiger partial charge in [0.25, 0.3) is 0 Å². The predicted molar refractivity (Wildman–Crippen MR) is 122 cm³/mol. The van der Waals surface area contributed by atoms with Crippen molar-refractivity contribution >= 4 is 21.9 Å². The average molecular weight is 395 g/mol. The first-order valence-electron chi connectivity index (χ1n) is 11.0. The first-order chi connectivity index (χ1) is 14.8. The van der Waals surface area contributed by atoms with Gasteiger partial charge in [-0.05, 0) is 73.1 Å². The van der Waals surface area contributed by atoms with Gasteiger partial charge in [-0.15, -0.1) is 6.58 Å². The molecule has 0 saturated carbocycles. The van der Waals surface area contributed by atoms with Crippen molar-refractivity contribution in [1.29, 1.82) is 0 Å². The highest BCUT2D eigenvalue weighted by Gasteiger charge is 2.41. The van der Waals surface area contributed by atoms with E-state index in [0.29, 0.717) is 18.0 Å². The fourth-order valence-corrected chi connectivity index (χ4v) is 5.58. The van der Waals surface area contributed by atoms with Crippen molar-refractivity contribution in [3.8, 4) is 11.1 Å². The quantitative estimate of drug-likeness (QED) is 0.474. The van der Waals surface area contributed by atoms with Crippen molar-refractivity contribution in [2.75, 3.05) is 6.54 Å². The standard InChI is InChI=1S/C26H26N4/c1-2-17-5-7-20(30-13-10-25(17)30)14-19-9-12-27-24-8-6-18(15-22(19)24)23-16-29-26-21(23)4-3-11-28-26/h2-4,6,8-9,11-12,15-17,20,25H,1,5,7,10,13-14H2,(H,28,29). The van der Waals surface area contributed by atoms with E-state index in [9.17, 15) is 0 Å².